The number of thioether (sulfide) groups is 1. The van der Waals surface area contributed by atoms with E-state index in [1.54, 1.807) is 18.3 Å². The maximum atomic E-state index is 11.8. The average molecular weight is 530 g/mol. The van der Waals surface area contributed by atoms with Gasteiger partial charge < -0.3 is 15.1 Å². The van der Waals surface area contributed by atoms with Crippen LogP contribution < -0.4 is 20.4 Å². The van der Waals surface area contributed by atoms with Crippen LogP contribution in [0.3, 0.4) is 0 Å². The zero-order valence-electron chi connectivity index (χ0n) is 21.6. The van der Waals surface area contributed by atoms with Gasteiger partial charge in [-0.15, -0.1) is 0 Å². The van der Waals surface area contributed by atoms with Gasteiger partial charge in [-0.2, -0.15) is 0 Å². The zero-order valence-corrected chi connectivity index (χ0v) is 22.4. The predicted molar refractivity (Wildman–Crippen MR) is 152 cm³/mol. The average Bonchev–Trinajstić information content (AvgIpc) is 3.25. The highest BCUT2D eigenvalue weighted by Gasteiger charge is 2.26. The second-order valence-electron chi connectivity index (χ2n) is 9.65. The molecule has 0 radical (unpaired) electrons. The molecule has 5 rings (SSSR count). The minimum atomic E-state index is -0.380. The molecule has 0 spiro atoms. The normalized spacial score (nSPS) is 17.2. The third-order valence-corrected chi connectivity index (χ3v) is 7.58. The molecule has 38 heavy (non-hydrogen) atoms. The van der Waals surface area contributed by atoms with Gasteiger partial charge in [-0.05, 0) is 72.5 Å². The molecule has 0 bridgehead atoms. The number of benzene rings is 1. The number of rotatable bonds is 8. The first kappa shape index (κ1) is 25.9. The van der Waals surface area contributed by atoms with Crippen LogP contribution in [0.25, 0.3) is 17.2 Å². The van der Waals surface area contributed by atoms with Crippen LogP contribution in [0.4, 0.5) is 16.6 Å². The maximum Gasteiger partial charge on any atom is 0.290 e. The molecule has 2 aliphatic heterocycles. The lowest BCUT2D eigenvalue weighted by Crippen LogP contribution is -2.38. The van der Waals surface area contributed by atoms with Gasteiger partial charge in [0, 0.05) is 51.7 Å². The molecule has 0 saturated carbocycles. The third kappa shape index (κ3) is 6.20. The van der Waals surface area contributed by atoms with E-state index >= 15 is 0 Å². The second kappa shape index (κ2) is 11.7. The number of hydrogen-bond donors (Lipinski definition) is 2. The molecule has 196 valence electrons. The fraction of sp³-hybridized carbons (Fsp3) is 0.321. The van der Waals surface area contributed by atoms with Crippen molar-refractivity contribution in [2.24, 2.45) is 5.92 Å². The number of imide groups is 1. The van der Waals surface area contributed by atoms with E-state index in [-0.39, 0.29) is 11.1 Å². The molecule has 2 amide bonds. The molecule has 9 nitrogen and oxygen atoms in total. The first-order valence-electron chi connectivity index (χ1n) is 12.7. The standard InChI is InChI=1S/C28H31N7O2S/c1-34(2)25-8-7-21(18-31-25)23-6-4-3-5-20(23)17-29-16-19-10-13-35(14-11-19)27-30-12-9-22(32-27)15-24-26(36)33-28(37)38-24/h3-9,12,15,18-19,29H,10-11,13-14,16-17H2,1-2H3,(H,33,36,37)/b24-15+. The van der Waals surface area contributed by atoms with Crippen molar-refractivity contribution >= 4 is 40.8 Å². The van der Waals surface area contributed by atoms with Crippen LogP contribution in [0.15, 0.2) is 59.8 Å². The summed E-state index contributed by atoms with van der Waals surface area (Å²) in [6, 6.07) is 14.4. The van der Waals surface area contributed by atoms with E-state index in [9.17, 15) is 9.59 Å². The summed E-state index contributed by atoms with van der Waals surface area (Å²) >= 11 is 0.893. The van der Waals surface area contributed by atoms with E-state index < -0.39 is 0 Å². The lowest BCUT2D eigenvalue weighted by Gasteiger charge is -2.32. The highest BCUT2D eigenvalue weighted by atomic mass is 32.2. The van der Waals surface area contributed by atoms with E-state index in [2.05, 4.69) is 66.9 Å². The molecule has 1 aromatic carbocycles. The van der Waals surface area contributed by atoms with Crippen LogP contribution in [0, 0.1) is 5.92 Å². The Morgan fingerprint density at radius 3 is 2.63 bits per heavy atom. The summed E-state index contributed by atoms with van der Waals surface area (Å²) in [7, 11) is 3.99. The molecular formula is C28H31N7O2S. The van der Waals surface area contributed by atoms with Crippen molar-refractivity contribution in [1.82, 2.24) is 25.6 Å². The molecule has 2 fully saturated rings. The largest absolute Gasteiger partial charge is 0.363 e. The Kier molecular flexibility index (Phi) is 8.00. The van der Waals surface area contributed by atoms with E-state index in [1.165, 1.54) is 11.1 Å². The van der Waals surface area contributed by atoms with Crippen LogP contribution in [0.1, 0.15) is 24.1 Å². The number of amides is 2. The lowest BCUT2D eigenvalue weighted by molar-refractivity contribution is -0.115. The van der Waals surface area contributed by atoms with Gasteiger partial charge in [0.25, 0.3) is 11.1 Å². The Bertz CT molecular complexity index is 1340. The number of nitrogens with zero attached hydrogens (tertiary/aromatic N) is 5. The van der Waals surface area contributed by atoms with Crippen molar-refractivity contribution in [1.29, 1.82) is 0 Å². The van der Waals surface area contributed by atoms with Crippen LogP contribution in [0.5, 0.6) is 0 Å². The first-order valence-corrected chi connectivity index (χ1v) is 13.5. The fourth-order valence-electron chi connectivity index (χ4n) is 4.66. The molecule has 0 aliphatic carbocycles. The highest BCUT2D eigenvalue weighted by Crippen LogP contribution is 2.27. The monoisotopic (exact) mass is 529 g/mol. The number of carbonyl (C=O) groups excluding carboxylic acids is 2. The minimum absolute atomic E-state index is 0.354. The zero-order chi connectivity index (χ0) is 26.5. The molecule has 2 aliphatic rings. The molecule has 2 aromatic heterocycles. The van der Waals surface area contributed by atoms with Crippen molar-refractivity contribution in [2.75, 3.05) is 43.5 Å². The topological polar surface area (TPSA) is 103 Å². The quantitative estimate of drug-likeness (QED) is 0.420. The predicted octanol–water partition coefficient (Wildman–Crippen LogP) is 3.93. The molecule has 4 heterocycles. The number of pyridine rings is 1. The van der Waals surface area contributed by atoms with Crippen LogP contribution in [0.2, 0.25) is 0 Å². The van der Waals surface area contributed by atoms with Gasteiger partial charge in [-0.25, -0.2) is 15.0 Å². The molecule has 3 aromatic rings. The number of nitrogens with one attached hydrogen (secondary N) is 2. The van der Waals surface area contributed by atoms with E-state index in [0.29, 0.717) is 22.5 Å². The van der Waals surface area contributed by atoms with Gasteiger partial charge in [-0.1, -0.05) is 24.3 Å². The number of anilines is 2. The van der Waals surface area contributed by atoms with Crippen molar-refractivity contribution in [3.63, 3.8) is 0 Å². The number of carbonyl (C=O) groups is 2. The second-order valence-corrected chi connectivity index (χ2v) is 10.7. The van der Waals surface area contributed by atoms with E-state index in [0.717, 1.165) is 62.2 Å². The van der Waals surface area contributed by atoms with Crippen LogP contribution >= 0.6 is 11.8 Å². The number of aromatic nitrogens is 3. The Morgan fingerprint density at radius 1 is 1.11 bits per heavy atom. The molecule has 2 saturated heterocycles. The Labute approximate surface area is 226 Å². The summed E-state index contributed by atoms with van der Waals surface area (Å²) in [5.74, 6) is 1.80. The third-order valence-electron chi connectivity index (χ3n) is 6.77. The summed E-state index contributed by atoms with van der Waals surface area (Å²) < 4.78 is 0. The van der Waals surface area contributed by atoms with Crippen LogP contribution in [-0.4, -0.2) is 59.8 Å². The fourth-order valence-corrected chi connectivity index (χ4v) is 5.33. The number of piperidine rings is 1. The maximum absolute atomic E-state index is 11.8. The van der Waals surface area contributed by atoms with Crippen LogP contribution in [-0.2, 0) is 11.3 Å². The highest BCUT2D eigenvalue weighted by molar-refractivity contribution is 8.18. The van der Waals surface area contributed by atoms with Gasteiger partial charge >= 0.3 is 0 Å². The van der Waals surface area contributed by atoms with Gasteiger partial charge in [0.15, 0.2) is 0 Å². The summed E-state index contributed by atoms with van der Waals surface area (Å²) in [6.45, 7) is 3.51. The lowest BCUT2D eigenvalue weighted by atomic mass is 9.96. The molecular weight excluding hydrogens is 498 g/mol. The summed E-state index contributed by atoms with van der Waals surface area (Å²) in [5.41, 5.74) is 4.21. The molecule has 0 unspecified atom stereocenters. The van der Waals surface area contributed by atoms with Gasteiger partial charge in [0.2, 0.25) is 5.95 Å². The smallest absolute Gasteiger partial charge is 0.290 e. The first-order chi connectivity index (χ1) is 18.5. The van der Waals surface area contributed by atoms with Crippen molar-refractivity contribution in [3.8, 4) is 11.1 Å². The van der Waals surface area contributed by atoms with Crippen molar-refractivity contribution in [2.45, 2.75) is 19.4 Å². The molecule has 2 N–H and O–H groups in total. The van der Waals surface area contributed by atoms with E-state index in [1.807, 2.05) is 25.2 Å². The molecule has 0 atom stereocenters. The Balaban J connectivity index is 1.13. The Morgan fingerprint density at radius 2 is 1.92 bits per heavy atom. The Hall–Kier alpha value is -3.76. The van der Waals surface area contributed by atoms with Crippen molar-refractivity contribution < 1.29 is 9.59 Å². The SMILES string of the molecule is CN(C)c1ccc(-c2ccccc2CNCC2CCN(c3nccc(/C=C4/SC(=O)NC4=O)n3)CC2)cn1. The van der Waals surface area contributed by atoms with Crippen molar-refractivity contribution in [3.05, 3.63) is 71.0 Å². The van der Waals surface area contributed by atoms with Gasteiger partial charge in [0.1, 0.15) is 5.82 Å². The van der Waals surface area contributed by atoms with E-state index in [4.69, 9.17) is 0 Å². The minimum Gasteiger partial charge on any atom is -0.363 e. The summed E-state index contributed by atoms with van der Waals surface area (Å²) in [6.07, 6.45) is 7.37. The van der Waals surface area contributed by atoms with Gasteiger partial charge in [-0.3, -0.25) is 14.9 Å². The van der Waals surface area contributed by atoms with Gasteiger partial charge in [0.05, 0.1) is 10.6 Å². The summed E-state index contributed by atoms with van der Waals surface area (Å²) in [4.78, 5) is 41.4. The number of hydrogen-bond acceptors (Lipinski definition) is 9. The molecule has 10 heteroatoms. The summed E-state index contributed by atoms with van der Waals surface area (Å²) in [5, 5.41) is 5.58.